The highest BCUT2D eigenvalue weighted by molar-refractivity contribution is 7.92. The third kappa shape index (κ3) is 4.66. The van der Waals surface area contributed by atoms with E-state index in [0.717, 1.165) is 11.6 Å². The van der Waals surface area contributed by atoms with Crippen molar-refractivity contribution in [2.45, 2.75) is 4.90 Å². The lowest BCUT2D eigenvalue weighted by Crippen LogP contribution is -2.13. The Bertz CT molecular complexity index is 1120. The van der Waals surface area contributed by atoms with Crippen molar-refractivity contribution in [2.24, 2.45) is 0 Å². The Morgan fingerprint density at radius 1 is 0.889 bits per heavy atom. The molecule has 0 spiro atoms. The zero-order valence-corrected chi connectivity index (χ0v) is 15.3. The predicted octanol–water partition coefficient (Wildman–Crippen LogP) is 4.03. The molecule has 0 saturated heterocycles. The molecule has 0 aliphatic rings. The van der Waals surface area contributed by atoms with Crippen LogP contribution in [0.5, 0.6) is 5.75 Å². The number of benzene rings is 3. The quantitative estimate of drug-likeness (QED) is 0.694. The Labute approximate surface area is 157 Å². The van der Waals surface area contributed by atoms with E-state index in [-0.39, 0.29) is 10.6 Å². The summed E-state index contributed by atoms with van der Waals surface area (Å²) in [5.74, 6) is 5.23. The maximum atomic E-state index is 13.8. The summed E-state index contributed by atoms with van der Waals surface area (Å²) < 4.78 is 46.0. The number of anilines is 1. The van der Waals surface area contributed by atoms with Crippen LogP contribution in [0.1, 0.15) is 11.1 Å². The summed E-state index contributed by atoms with van der Waals surface area (Å²) >= 11 is 0. The number of hydrogen-bond donors (Lipinski definition) is 1. The minimum absolute atomic E-state index is 0.0212. The van der Waals surface area contributed by atoms with Crippen molar-refractivity contribution >= 4 is 15.7 Å². The standard InChI is InChI=1S/C21H16FNO3S/c1-26-21-13-12-19(15-20(21)22)27(24,25)23-18-9-5-8-17(14-18)11-10-16-6-3-2-4-7-16/h2-9,12-15,23H,1H3. The van der Waals surface area contributed by atoms with Gasteiger partial charge in [0.05, 0.1) is 17.7 Å². The van der Waals surface area contributed by atoms with Crippen molar-refractivity contribution < 1.29 is 17.5 Å². The lowest BCUT2D eigenvalue weighted by molar-refractivity contribution is 0.385. The Kier molecular flexibility index (Phi) is 5.43. The number of methoxy groups -OCH3 is 1. The van der Waals surface area contributed by atoms with Crippen molar-refractivity contribution in [2.75, 3.05) is 11.8 Å². The fraction of sp³-hybridized carbons (Fsp3) is 0.0476. The van der Waals surface area contributed by atoms with Crippen LogP contribution >= 0.6 is 0 Å². The van der Waals surface area contributed by atoms with Crippen molar-refractivity contribution in [1.82, 2.24) is 0 Å². The molecule has 0 saturated carbocycles. The van der Waals surface area contributed by atoms with Gasteiger partial charge in [0.25, 0.3) is 10.0 Å². The lowest BCUT2D eigenvalue weighted by atomic mass is 10.2. The van der Waals surface area contributed by atoms with Gasteiger partial charge in [0, 0.05) is 11.1 Å². The molecule has 0 aliphatic carbocycles. The molecule has 4 nitrogen and oxygen atoms in total. The van der Waals surface area contributed by atoms with Crippen LogP contribution in [0.3, 0.4) is 0 Å². The first-order chi connectivity index (χ1) is 13.0. The molecular formula is C21H16FNO3S. The summed E-state index contributed by atoms with van der Waals surface area (Å²) in [6, 6.07) is 19.6. The van der Waals surface area contributed by atoms with Crippen LogP contribution in [-0.2, 0) is 10.0 Å². The van der Waals surface area contributed by atoms with Gasteiger partial charge in [-0.3, -0.25) is 4.72 Å². The molecule has 27 heavy (non-hydrogen) atoms. The van der Waals surface area contributed by atoms with E-state index < -0.39 is 15.8 Å². The molecule has 0 bridgehead atoms. The van der Waals surface area contributed by atoms with E-state index in [2.05, 4.69) is 16.6 Å². The van der Waals surface area contributed by atoms with Crippen LogP contribution in [0.15, 0.2) is 77.7 Å². The van der Waals surface area contributed by atoms with Gasteiger partial charge in [-0.15, -0.1) is 0 Å². The smallest absolute Gasteiger partial charge is 0.262 e. The molecule has 0 amide bonds. The lowest BCUT2D eigenvalue weighted by Gasteiger charge is -2.09. The van der Waals surface area contributed by atoms with Crippen LogP contribution in [0.4, 0.5) is 10.1 Å². The van der Waals surface area contributed by atoms with Crippen molar-refractivity contribution in [3.8, 4) is 17.6 Å². The largest absolute Gasteiger partial charge is 0.494 e. The maximum absolute atomic E-state index is 13.8. The molecule has 0 fully saturated rings. The van der Waals surface area contributed by atoms with E-state index in [1.54, 1.807) is 24.3 Å². The topological polar surface area (TPSA) is 55.4 Å². The van der Waals surface area contributed by atoms with Gasteiger partial charge in [-0.2, -0.15) is 0 Å². The number of sulfonamides is 1. The minimum atomic E-state index is -3.94. The predicted molar refractivity (Wildman–Crippen MR) is 103 cm³/mol. The first-order valence-electron chi connectivity index (χ1n) is 8.01. The second-order valence-corrected chi connectivity index (χ2v) is 7.28. The van der Waals surface area contributed by atoms with E-state index in [9.17, 15) is 12.8 Å². The monoisotopic (exact) mass is 381 g/mol. The zero-order chi connectivity index (χ0) is 19.3. The number of halogens is 1. The summed E-state index contributed by atoms with van der Waals surface area (Å²) in [7, 11) is -2.63. The molecule has 3 aromatic rings. The molecule has 136 valence electrons. The molecule has 0 atom stereocenters. The average Bonchev–Trinajstić information content (AvgIpc) is 2.67. The van der Waals surface area contributed by atoms with Crippen LogP contribution in [-0.4, -0.2) is 15.5 Å². The first kappa shape index (κ1) is 18.5. The second-order valence-electron chi connectivity index (χ2n) is 5.60. The SMILES string of the molecule is COc1ccc(S(=O)(=O)Nc2cccc(C#Cc3ccccc3)c2)cc1F. The van der Waals surface area contributed by atoms with E-state index in [0.29, 0.717) is 11.3 Å². The Hall–Kier alpha value is -3.30. The van der Waals surface area contributed by atoms with Crippen LogP contribution in [0.2, 0.25) is 0 Å². The van der Waals surface area contributed by atoms with E-state index in [1.165, 1.54) is 19.2 Å². The van der Waals surface area contributed by atoms with Crippen LogP contribution in [0.25, 0.3) is 0 Å². The summed E-state index contributed by atoms with van der Waals surface area (Å²) in [6.07, 6.45) is 0. The fourth-order valence-corrected chi connectivity index (χ4v) is 3.42. The Morgan fingerprint density at radius 3 is 2.30 bits per heavy atom. The maximum Gasteiger partial charge on any atom is 0.262 e. The van der Waals surface area contributed by atoms with E-state index >= 15 is 0 Å². The number of ether oxygens (including phenoxy) is 1. The molecule has 0 unspecified atom stereocenters. The number of hydrogen-bond acceptors (Lipinski definition) is 3. The van der Waals surface area contributed by atoms with Gasteiger partial charge in [-0.1, -0.05) is 36.1 Å². The van der Waals surface area contributed by atoms with Gasteiger partial charge in [0.1, 0.15) is 0 Å². The molecule has 0 radical (unpaired) electrons. The third-order valence-corrected chi connectivity index (χ3v) is 5.05. The molecule has 1 N–H and O–H groups in total. The van der Waals surface area contributed by atoms with E-state index in [4.69, 9.17) is 4.74 Å². The van der Waals surface area contributed by atoms with Crippen molar-refractivity contribution in [1.29, 1.82) is 0 Å². The van der Waals surface area contributed by atoms with Gasteiger partial charge in [-0.05, 0) is 48.5 Å². The summed E-state index contributed by atoms with van der Waals surface area (Å²) in [4.78, 5) is -0.193. The molecule has 0 aromatic heterocycles. The van der Waals surface area contributed by atoms with Crippen LogP contribution < -0.4 is 9.46 Å². The first-order valence-corrected chi connectivity index (χ1v) is 9.50. The summed E-state index contributed by atoms with van der Waals surface area (Å²) in [6.45, 7) is 0. The van der Waals surface area contributed by atoms with Crippen LogP contribution in [0, 0.1) is 17.7 Å². The summed E-state index contributed by atoms with van der Waals surface area (Å²) in [5.41, 5.74) is 1.85. The number of rotatable bonds is 4. The van der Waals surface area contributed by atoms with Gasteiger partial charge < -0.3 is 4.74 Å². The second kappa shape index (κ2) is 7.94. The molecule has 3 rings (SSSR count). The fourth-order valence-electron chi connectivity index (χ4n) is 2.35. The molecule has 0 heterocycles. The highest BCUT2D eigenvalue weighted by Crippen LogP contribution is 2.23. The average molecular weight is 381 g/mol. The highest BCUT2D eigenvalue weighted by atomic mass is 32.2. The third-order valence-electron chi connectivity index (χ3n) is 3.67. The highest BCUT2D eigenvalue weighted by Gasteiger charge is 2.17. The molecule has 3 aromatic carbocycles. The minimum Gasteiger partial charge on any atom is -0.494 e. The summed E-state index contributed by atoms with van der Waals surface area (Å²) in [5, 5.41) is 0. The van der Waals surface area contributed by atoms with E-state index in [1.807, 2.05) is 30.3 Å². The van der Waals surface area contributed by atoms with Crippen molar-refractivity contribution in [3.05, 3.63) is 89.7 Å². The normalized spacial score (nSPS) is 10.6. The number of nitrogens with one attached hydrogen (secondary N) is 1. The molecular weight excluding hydrogens is 365 g/mol. The molecule has 0 aliphatic heterocycles. The van der Waals surface area contributed by atoms with Gasteiger partial charge in [-0.25, -0.2) is 12.8 Å². The van der Waals surface area contributed by atoms with Gasteiger partial charge in [0.15, 0.2) is 11.6 Å². The van der Waals surface area contributed by atoms with Gasteiger partial charge in [0.2, 0.25) is 0 Å². The van der Waals surface area contributed by atoms with Crippen molar-refractivity contribution in [3.63, 3.8) is 0 Å². The molecule has 6 heteroatoms. The van der Waals surface area contributed by atoms with Gasteiger partial charge >= 0.3 is 0 Å². The Morgan fingerprint density at radius 2 is 1.59 bits per heavy atom. The Balaban J connectivity index is 1.83. The zero-order valence-electron chi connectivity index (χ0n) is 14.4.